The summed E-state index contributed by atoms with van der Waals surface area (Å²) in [5, 5.41) is 4.96. The zero-order valence-electron chi connectivity index (χ0n) is 11.3. The van der Waals surface area contributed by atoms with Crippen molar-refractivity contribution in [3.8, 4) is 0 Å². The van der Waals surface area contributed by atoms with E-state index in [1.165, 1.54) is 25.1 Å². The Bertz CT molecular complexity index is 710. The van der Waals surface area contributed by atoms with Gasteiger partial charge in [0.25, 0.3) is 5.91 Å². The summed E-state index contributed by atoms with van der Waals surface area (Å²) in [7, 11) is 0. The minimum atomic E-state index is -4.44. The van der Waals surface area contributed by atoms with Crippen LogP contribution in [0.1, 0.15) is 22.2 Å². The molecule has 2 amide bonds. The van der Waals surface area contributed by atoms with Gasteiger partial charge in [0, 0.05) is 6.92 Å². The van der Waals surface area contributed by atoms with Crippen LogP contribution in [0.25, 0.3) is 0 Å². The lowest BCUT2D eigenvalue weighted by molar-refractivity contribution is -0.134. The van der Waals surface area contributed by atoms with Gasteiger partial charge in [0.1, 0.15) is 4.88 Å². The smallest absolute Gasteiger partial charge is 0.326 e. The van der Waals surface area contributed by atoms with Gasteiger partial charge >= 0.3 is 6.18 Å². The Labute approximate surface area is 128 Å². The molecule has 0 unspecified atom stereocenters. The Morgan fingerprint density at radius 2 is 1.73 bits per heavy atom. The van der Waals surface area contributed by atoms with Gasteiger partial charge < -0.3 is 10.6 Å². The van der Waals surface area contributed by atoms with Crippen molar-refractivity contribution in [2.75, 3.05) is 10.6 Å². The lowest BCUT2D eigenvalue weighted by atomic mass is 10.1. The number of carbonyl (C=O) groups is 2. The number of nitrogens with one attached hydrogen (secondary N) is 2. The molecular formula is C14H11F3N2O2S. The quantitative estimate of drug-likeness (QED) is 0.895. The Morgan fingerprint density at radius 3 is 2.32 bits per heavy atom. The fourth-order valence-corrected chi connectivity index (χ4v) is 2.48. The lowest BCUT2D eigenvalue weighted by Gasteiger charge is -2.09. The van der Waals surface area contributed by atoms with Crippen molar-refractivity contribution in [3.05, 3.63) is 46.8 Å². The van der Waals surface area contributed by atoms with E-state index in [0.717, 1.165) is 6.07 Å². The maximum Gasteiger partial charge on any atom is 0.425 e. The van der Waals surface area contributed by atoms with Gasteiger partial charge in [0.15, 0.2) is 0 Å². The van der Waals surface area contributed by atoms with E-state index < -0.39 is 17.0 Å². The largest absolute Gasteiger partial charge is 0.425 e. The number of hydrogen-bond donors (Lipinski definition) is 2. The van der Waals surface area contributed by atoms with Crippen molar-refractivity contribution >= 4 is 33.8 Å². The van der Waals surface area contributed by atoms with Gasteiger partial charge in [0.05, 0.1) is 16.3 Å². The van der Waals surface area contributed by atoms with E-state index in [2.05, 4.69) is 10.6 Å². The number of hydrogen-bond acceptors (Lipinski definition) is 3. The van der Waals surface area contributed by atoms with E-state index >= 15 is 0 Å². The second-order valence-electron chi connectivity index (χ2n) is 4.34. The first-order valence-corrected chi connectivity index (χ1v) is 6.94. The summed E-state index contributed by atoms with van der Waals surface area (Å²) in [4.78, 5) is 22.4. The predicted molar refractivity (Wildman–Crippen MR) is 78.0 cm³/mol. The van der Waals surface area contributed by atoms with Crippen LogP contribution >= 0.6 is 11.3 Å². The molecule has 0 bridgehead atoms. The summed E-state index contributed by atoms with van der Waals surface area (Å²) in [6.07, 6.45) is -4.44. The molecule has 0 aliphatic carbocycles. The third-order valence-electron chi connectivity index (χ3n) is 2.60. The van der Waals surface area contributed by atoms with Crippen LogP contribution in [0.5, 0.6) is 0 Å². The molecule has 0 aliphatic rings. The van der Waals surface area contributed by atoms with Gasteiger partial charge in [-0.3, -0.25) is 9.59 Å². The van der Waals surface area contributed by atoms with Crippen molar-refractivity contribution in [1.82, 2.24) is 0 Å². The maximum absolute atomic E-state index is 12.5. The lowest BCUT2D eigenvalue weighted by Crippen LogP contribution is -2.16. The number of carbonyl (C=O) groups excluding carboxylic acids is 2. The zero-order chi connectivity index (χ0) is 16.3. The second kappa shape index (κ2) is 6.18. The average Bonchev–Trinajstić information content (AvgIpc) is 2.87. The van der Waals surface area contributed by atoms with Crippen LogP contribution in [0, 0.1) is 0 Å². The van der Waals surface area contributed by atoms with Gasteiger partial charge in [-0.1, -0.05) is 12.1 Å². The molecule has 0 saturated carbocycles. The first-order chi connectivity index (χ1) is 10.3. The van der Waals surface area contributed by atoms with E-state index in [1.54, 1.807) is 12.1 Å². The van der Waals surface area contributed by atoms with Gasteiger partial charge in [-0.15, -0.1) is 11.3 Å². The Morgan fingerprint density at radius 1 is 1.05 bits per heavy atom. The van der Waals surface area contributed by atoms with Gasteiger partial charge in [-0.2, -0.15) is 13.2 Å². The summed E-state index contributed by atoms with van der Waals surface area (Å²) in [6.45, 7) is 1.30. The number of amides is 2. The first-order valence-electron chi connectivity index (χ1n) is 6.12. The van der Waals surface area contributed by atoms with Crippen molar-refractivity contribution in [2.24, 2.45) is 0 Å². The highest BCUT2D eigenvalue weighted by Gasteiger charge is 2.32. The third kappa shape index (κ3) is 3.85. The van der Waals surface area contributed by atoms with Crippen LogP contribution < -0.4 is 10.6 Å². The minimum absolute atomic E-state index is 0.0787. The Kier molecular flexibility index (Phi) is 4.51. The predicted octanol–water partition coefficient (Wildman–Crippen LogP) is 3.98. The molecule has 0 atom stereocenters. The monoisotopic (exact) mass is 328 g/mol. The van der Waals surface area contributed by atoms with Gasteiger partial charge in [0.2, 0.25) is 5.91 Å². The molecule has 1 aromatic carbocycles. The summed E-state index contributed by atoms with van der Waals surface area (Å²) in [6, 6.07) is 8.32. The van der Waals surface area contributed by atoms with Crippen LogP contribution in [0.15, 0.2) is 36.4 Å². The molecule has 2 N–H and O–H groups in total. The number of thiophene rings is 1. The summed E-state index contributed by atoms with van der Waals surface area (Å²) in [5.41, 5.74) is 0.458. The molecule has 1 aromatic heterocycles. The van der Waals surface area contributed by atoms with Crippen LogP contribution in [0.4, 0.5) is 23.9 Å². The highest BCUT2D eigenvalue weighted by Crippen LogP contribution is 2.36. The van der Waals surface area contributed by atoms with Gasteiger partial charge in [-0.25, -0.2) is 0 Å². The van der Waals surface area contributed by atoms with Gasteiger partial charge in [-0.05, 0) is 24.3 Å². The Balaban J connectivity index is 2.19. The molecule has 116 valence electrons. The number of anilines is 2. The molecule has 8 heteroatoms. The molecule has 0 saturated heterocycles. The molecule has 22 heavy (non-hydrogen) atoms. The molecule has 0 aliphatic heterocycles. The fourth-order valence-electron chi connectivity index (χ4n) is 1.72. The molecule has 1 heterocycles. The molecule has 0 fully saturated rings. The summed E-state index contributed by atoms with van der Waals surface area (Å²) >= 11 is 0.438. The average molecular weight is 328 g/mol. The van der Waals surface area contributed by atoms with Crippen LogP contribution in [0.3, 0.4) is 0 Å². The van der Waals surface area contributed by atoms with Crippen molar-refractivity contribution in [1.29, 1.82) is 0 Å². The number of para-hydroxylation sites is 1. The van der Waals surface area contributed by atoms with E-state index in [-0.39, 0.29) is 16.5 Å². The minimum Gasteiger partial charge on any atom is -0.326 e. The maximum atomic E-state index is 12.5. The fraction of sp³-hybridized carbons (Fsp3) is 0.143. The Hall–Kier alpha value is -2.35. The molecular weight excluding hydrogens is 317 g/mol. The molecule has 4 nitrogen and oxygen atoms in total. The van der Waals surface area contributed by atoms with Crippen molar-refractivity contribution in [2.45, 2.75) is 13.1 Å². The zero-order valence-corrected chi connectivity index (χ0v) is 12.1. The highest BCUT2D eigenvalue weighted by molar-refractivity contribution is 7.16. The molecule has 0 radical (unpaired) electrons. The van der Waals surface area contributed by atoms with Crippen molar-refractivity contribution in [3.63, 3.8) is 0 Å². The highest BCUT2D eigenvalue weighted by atomic mass is 32.1. The first kappa shape index (κ1) is 16.0. The number of alkyl halides is 3. The van der Waals surface area contributed by atoms with E-state index in [0.29, 0.717) is 17.0 Å². The standard InChI is InChI=1S/C14H11F3N2O2S/c1-8(20)18-10-5-3-2-4-9(10)13(21)19-12-7-6-11(22-12)14(15,16)17/h2-7H,1H3,(H,18,20)(H,19,21). The van der Waals surface area contributed by atoms with E-state index in [9.17, 15) is 22.8 Å². The topological polar surface area (TPSA) is 58.2 Å². The van der Waals surface area contributed by atoms with Crippen LogP contribution in [-0.4, -0.2) is 11.8 Å². The second-order valence-corrected chi connectivity index (χ2v) is 5.43. The van der Waals surface area contributed by atoms with E-state index in [4.69, 9.17) is 0 Å². The summed E-state index contributed by atoms with van der Waals surface area (Å²) < 4.78 is 37.6. The summed E-state index contributed by atoms with van der Waals surface area (Å²) in [5.74, 6) is -0.948. The third-order valence-corrected chi connectivity index (χ3v) is 3.65. The van der Waals surface area contributed by atoms with Crippen molar-refractivity contribution < 1.29 is 22.8 Å². The SMILES string of the molecule is CC(=O)Nc1ccccc1C(=O)Nc1ccc(C(F)(F)F)s1. The van der Waals surface area contributed by atoms with Crippen LogP contribution in [-0.2, 0) is 11.0 Å². The molecule has 2 aromatic rings. The number of halogens is 3. The number of rotatable bonds is 3. The molecule has 2 rings (SSSR count). The number of benzene rings is 1. The van der Waals surface area contributed by atoms with Crippen LogP contribution in [0.2, 0.25) is 0 Å². The molecule has 0 spiro atoms. The van der Waals surface area contributed by atoms with E-state index in [1.807, 2.05) is 0 Å². The normalized spacial score (nSPS) is 11.1.